The van der Waals surface area contributed by atoms with Crippen molar-refractivity contribution < 1.29 is 14.3 Å². The van der Waals surface area contributed by atoms with Gasteiger partial charge in [0.05, 0.1) is 12.8 Å². The van der Waals surface area contributed by atoms with Crippen LogP contribution in [0.3, 0.4) is 0 Å². The fraction of sp³-hybridized carbons (Fsp3) is 0.533. The molecule has 2 rings (SSSR count). The van der Waals surface area contributed by atoms with Gasteiger partial charge in [0, 0.05) is 19.0 Å². The Hall–Kier alpha value is -1.91. The van der Waals surface area contributed by atoms with E-state index in [2.05, 4.69) is 0 Å². The van der Waals surface area contributed by atoms with Crippen LogP contribution in [-0.4, -0.2) is 36.8 Å². The van der Waals surface area contributed by atoms with Gasteiger partial charge in [-0.05, 0) is 38.5 Å². The number of nitrogens with zero attached hydrogens (tertiary/aromatic N) is 1. The minimum atomic E-state index is -0.452. The molecule has 2 N–H and O–H groups in total. The fourth-order valence-electron chi connectivity index (χ4n) is 2.15. The Kier molecular flexibility index (Phi) is 3.79. The summed E-state index contributed by atoms with van der Waals surface area (Å²) in [6.07, 6.45) is -0.254. The van der Waals surface area contributed by atoms with Crippen molar-refractivity contribution >= 4 is 11.8 Å². The number of hydrogen-bond acceptors (Lipinski definition) is 4. The first-order valence-electron chi connectivity index (χ1n) is 6.71. The molecule has 0 saturated carbocycles. The second kappa shape index (κ2) is 5.23. The van der Waals surface area contributed by atoms with Crippen LogP contribution in [0.1, 0.15) is 32.3 Å². The first kappa shape index (κ1) is 14.5. The Labute approximate surface area is 119 Å². The third kappa shape index (κ3) is 3.15. The van der Waals surface area contributed by atoms with Crippen LogP contribution < -0.4 is 10.5 Å². The van der Waals surface area contributed by atoms with Crippen LogP contribution in [0.2, 0.25) is 0 Å². The summed E-state index contributed by atoms with van der Waals surface area (Å²) < 4.78 is 10.5. The molecule has 110 valence electrons. The van der Waals surface area contributed by atoms with Crippen LogP contribution in [0.4, 0.5) is 10.5 Å². The molecule has 1 saturated heterocycles. The van der Waals surface area contributed by atoms with E-state index in [0.29, 0.717) is 30.4 Å². The Morgan fingerprint density at radius 3 is 2.55 bits per heavy atom. The molecule has 0 aliphatic carbocycles. The molecule has 1 fully saturated rings. The van der Waals surface area contributed by atoms with Gasteiger partial charge >= 0.3 is 6.09 Å². The average Bonchev–Trinajstić information content (AvgIpc) is 2.26. The van der Waals surface area contributed by atoms with Gasteiger partial charge in [-0.25, -0.2) is 4.79 Å². The normalized spacial score (nSPS) is 15.7. The van der Waals surface area contributed by atoms with E-state index in [4.69, 9.17) is 15.2 Å². The largest absolute Gasteiger partial charge is 0.495 e. The molecule has 1 amide bonds. The van der Waals surface area contributed by atoms with E-state index < -0.39 is 5.60 Å². The third-order valence-electron chi connectivity index (χ3n) is 3.26. The maximum atomic E-state index is 11.9. The van der Waals surface area contributed by atoms with Gasteiger partial charge in [-0.15, -0.1) is 0 Å². The van der Waals surface area contributed by atoms with E-state index in [1.165, 1.54) is 0 Å². The molecule has 5 nitrogen and oxygen atoms in total. The Balaban J connectivity index is 1.95. The molecule has 0 aromatic heterocycles. The summed E-state index contributed by atoms with van der Waals surface area (Å²) in [5.74, 6) is 0.996. The second-order valence-electron chi connectivity index (χ2n) is 6.08. The van der Waals surface area contributed by atoms with E-state index >= 15 is 0 Å². The Morgan fingerprint density at radius 1 is 1.35 bits per heavy atom. The summed E-state index contributed by atoms with van der Waals surface area (Å²) in [6, 6.07) is 5.76. The molecule has 1 heterocycles. The molecule has 5 heteroatoms. The first-order chi connectivity index (χ1) is 9.30. The lowest BCUT2D eigenvalue weighted by atomic mass is 9.91. The summed E-state index contributed by atoms with van der Waals surface area (Å²) in [6.45, 7) is 6.94. The molecule has 0 bridgehead atoms. The van der Waals surface area contributed by atoms with E-state index in [9.17, 15) is 4.79 Å². The van der Waals surface area contributed by atoms with Gasteiger partial charge < -0.3 is 20.1 Å². The van der Waals surface area contributed by atoms with Crippen LogP contribution in [0.25, 0.3) is 0 Å². The van der Waals surface area contributed by atoms with Crippen molar-refractivity contribution in [2.24, 2.45) is 0 Å². The van der Waals surface area contributed by atoms with E-state index in [1.807, 2.05) is 39.0 Å². The lowest BCUT2D eigenvalue weighted by Crippen LogP contribution is -2.50. The number of anilines is 1. The molecule has 1 aliphatic heterocycles. The molecular weight excluding hydrogens is 256 g/mol. The lowest BCUT2D eigenvalue weighted by Gasteiger charge is -2.40. The average molecular weight is 278 g/mol. The van der Waals surface area contributed by atoms with Gasteiger partial charge in [0.2, 0.25) is 0 Å². The smallest absolute Gasteiger partial charge is 0.410 e. The molecule has 1 aromatic rings. The number of nitrogen functional groups attached to an aromatic ring is 1. The topological polar surface area (TPSA) is 64.8 Å². The molecule has 1 aromatic carbocycles. The SMILES string of the molecule is COc1cc(C2CN(C(=O)OC(C)(C)C)C2)ccc1N. The van der Waals surface area contributed by atoms with Crippen molar-refractivity contribution in [3.8, 4) is 5.75 Å². The number of carbonyl (C=O) groups is 1. The van der Waals surface area contributed by atoms with Crippen molar-refractivity contribution in [1.82, 2.24) is 4.90 Å². The minimum absolute atomic E-state index is 0.254. The van der Waals surface area contributed by atoms with Crippen LogP contribution >= 0.6 is 0 Å². The monoisotopic (exact) mass is 278 g/mol. The standard InChI is InChI=1S/C15H22N2O3/c1-15(2,3)20-14(18)17-8-11(9-17)10-5-6-12(16)13(7-10)19-4/h5-7,11H,8-9,16H2,1-4H3. The molecule has 0 unspecified atom stereocenters. The summed E-state index contributed by atoms with van der Waals surface area (Å²) >= 11 is 0. The minimum Gasteiger partial charge on any atom is -0.495 e. The number of benzene rings is 1. The van der Waals surface area contributed by atoms with Crippen LogP contribution in [0, 0.1) is 0 Å². The van der Waals surface area contributed by atoms with Gasteiger partial charge in [0.25, 0.3) is 0 Å². The number of amides is 1. The highest BCUT2D eigenvalue weighted by Gasteiger charge is 2.34. The fourth-order valence-corrected chi connectivity index (χ4v) is 2.15. The first-order valence-corrected chi connectivity index (χ1v) is 6.71. The molecule has 20 heavy (non-hydrogen) atoms. The van der Waals surface area contributed by atoms with E-state index in [1.54, 1.807) is 12.0 Å². The Bertz CT molecular complexity index is 502. The zero-order valence-corrected chi connectivity index (χ0v) is 12.5. The van der Waals surface area contributed by atoms with Crippen LogP contribution in [0.15, 0.2) is 18.2 Å². The summed E-state index contributed by atoms with van der Waals surface area (Å²) in [5, 5.41) is 0. The molecule has 0 radical (unpaired) electrons. The van der Waals surface area contributed by atoms with Crippen LogP contribution in [-0.2, 0) is 4.74 Å². The van der Waals surface area contributed by atoms with Gasteiger partial charge in [0.1, 0.15) is 11.4 Å². The van der Waals surface area contributed by atoms with Gasteiger partial charge in [-0.2, -0.15) is 0 Å². The number of carbonyl (C=O) groups excluding carboxylic acids is 1. The lowest BCUT2D eigenvalue weighted by molar-refractivity contribution is 0.00819. The number of methoxy groups -OCH3 is 1. The quantitative estimate of drug-likeness (QED) is 0.845. The maximum Gasteiger partial charge on any atom is 0.410 e. The van der Waals surface area contributed by atoms with Gasteiger partial charge in [0.15, 0.2) is 0 Å². The van der Waals surface area contributed by atoms with Gasteiger partial charge in [-0.1, -0.05) is 6.07 Å². The molecule has 1 aliphatic rings. The second-order valence-corrected chi connectivity index (χ2v) is 6.08. The molecular formula is C15H22N2O3. The van der Waals surface area contributed by atoms with Crippen molar-refractivity contribution in [1.29, 1.82) is 0 Å². The van der Waals surface area contributed by atoms with Crippen molar-refractivity contribution in [2.45, 2.75) is 32.3 Å². The maximum absolute atomic E-state index is 11.9. The molecule has 0 atom stereocenters. The zero-order valence-electron chi connectivity index (χ0n) is 12.5. The highest BCUT2D eigenvalue weighted by Crippen LogP contribution is 2.32. The Morgan fingerprint density at radius 2 is 2.00 bits per heavy atom. The van der Waals surface area contributed by atoms with Gasteiger partial charge in [-0.3, -0.25) is 0 Å². The number of ether oxygens (including phenoxy) is 2. The number of likely N-dealkylation sites (tertiary alicyclic amines) is 1. The summed E-state index contributed by atoms with van der Waals surface area (Å²) in [7, 11) is 1.60. The predicted octanol–water partition coefficient (Wildman–Crippen LogP) is 2.61. The molecule has 0 spiro atoms. The number of rotatable bonds is 2. The van der Waals surface area contributed by atoms with E-state index in [-0.39, 0.29) is 6.09 Å². The summed E-state index contributed by atoms with van der Waals surface area (Å²) in [4.78, 5) is 13.6. The highest BCUT2D eigenvalue weighted by atomic mass is 16.6. The third-order valence-corrected chi connectivity index (χ3v) is 3.26. The van der Waals surface area contributed by atoms with E-state index in [0.717, 1.165) is 5.56 Å². The zero-order chi connectivity index (χ0) is 14.9. The number of nitrogens with two attached hydrogens (primary N) is 1. The van der Waals surface area contributed by atoms with Crippen molar-refractivity contribution in [3.05, 3.63) is 23.8 Å². The van der Waals surface area contributed by atoms with Crippen molar-refractivity contribution in [3.63, 3.8) is 0 Å². The highest BCUT2D eigenvalue weighted by molar-refractivity contribution is 5.69. The predicted molar refractivity (Wildman–Crippen MR) is 78.0 cm³/mol. The van der Waals surface area contributed by atoms with Crippen LogP contribution in [0.5, 0.6) is 5.75 Å². The summed E-state index contributed by atoms with van der Waals surface area (Å²) in [5.41, 5.74) is 7.10. The number of hydrogen-bond donors (Lipinski definition) is 1. The van der Waals surface area contributed by atoms with Crippen molar-refractivity contribution in [2.75, 3.05) is 25.9 Å².